The molecule has 0 radical (unpaired) electrons. The number of rotatable bonds is 5. The zero-order chi connectivity index (χ0) is 21.8. The van der Waals surface area contributed by atoms with Gasteiger partial charge in [0.1, 0.15) is 0 Å². The van der Waals surface area contributed by atoms with Gasteiger partial charge in [0.25, 0.3) is 0 Å². The number of carbonyl (C=O) groups excluding carboxylic acids is 1. The molecule has 0 bridgehead atoms. The largest absolute Gasteiger partial charge is 0.437 e. The Balaban J connectivity index is 1.57. The van der Waals surface area contributed by atoms with Crippen molar-refractivity contribution in [2.45, 2.75) is 6.92 Å². The van der Waals surface area contributed by atoms with E-state index in [0.717, 1.165) is 10.2 Å². The number of benzene rings is 3. The van der Waals surface area contributed by atoms with Gasteiger partial charge in [0.2, 0.25) is 5.88 Å². The number of carbonyl (C=O) groups is 1. The molecule has 4 aromatic rings. The number of aromatic nitrogens is 2. The smallest absolute Gasteiger partial charge is 0.323 e. The number of ether oxygens (including phenoxy) is 1. The van der Waals surface area contributed by atoms with Crippen molar-refractivity contribution in [1.82, 2.24) is 9.78 Å². The minimum absolute atomic E-state index is 0.380. The first-order valence-corrected chi connectivity index (χ1v) is 10.6. The molecule has 0 saturated carbocycles. The Morgan fingerprint density at radius 1 is 1.00 bits per heavy atom. The predicted molar refractivity (Wildman–Crippen MR) is 127 cm³/mol. The Kier molecular flexibility index (Phi) is 6.25. The number of nitrogens with zero attached hydrogens (tertiary/aromatic N) is 2. The van der Waals surface area contributed by atoms with Gasteiger partial charge in [-0.15, -0.1) is 0 Å². The van der Waals surface area contributed by atoms with E-state index in [4.69, 9.17) is 16.3 Å². The van der Waals surface area contributed by atoms with Gasteiger partial charge in [-0.25, -0.2) is 4.79 Å². The average molecular weight is 498 g/mol. The number of amides is 2. The predicted octanol–water partition coefficient (Wildman–Crippen LogP) is 7.03. The van der Waals surface area contributed by atoms with Crippen molar-refractivity contribution in [2.24, 2.45) is 0 Å². The number of nitrogens with one attached hydrogen (secondary N) is 2. The van der Waals surface area contributed by atoms with Crippen molar-refractivity contribution in [3.8, 4) is 17.3 Å². The quantitative estimate of drug-likeness (QED) is 0.311. The lowest BCUT2D eigenvalue weighted by molar-refractivity contribution is 0.262. The fourth-order valence-electron chi connectivity index (χ4n) is 2.93. The maximum atomic E-state index is 12.5. The fourth-order valence-corrected chi connectivity index (χ4v) is 3.41. The Morgan fingerprint density at radius 2 is 1.71 bits per heavy atom. The van der Waals surface area contributed by atoms with Crippen LogP contribution >= 0.6 is 27.5 Å². The van der Waals surface area contributed by atoms with Crippen LogP contribution in [0.5, 0.6) is 11.6 Å². The molecule has 31 heavy (non-hydrogen) atoms. The fraction of sp³-hybridized carbons (Fsp3) is 0.0435. The van der Waals surface area contributed by atoms with E-state index >= 15 is 0 Å². The molecule has 0 fully saturated rings. The summed E-state index contributed by atoms with van der Waals surface area (Å²) >= 11 is 9.72. The van der Waals surface area contributed by atoms with Crippen molar-refractivity contribution < 1.29 is 9.53 Å². The minimum Gasteiger partial charge on any atom is -0.437 e. The Morgan fingerprint density at radius 3 is 2.48 bits per heavy atom. The highest BCUT2D eigenvalue weighted by Gasteiger charge is 2.15. The minimum atomic E-state index is -0.380. The van der Waals surface area contributed by atoms with Gasteiger partial charge in [0.15, 0.2) is 5.75 Å². The van der Waals surface area contributed by atoms with Gasteiger partial charge in [-0.1, -0.05) is 51.8 Å². The highest BCUT2D eigenvalue weighted by atomic mass is 79.9. The number of para-hydroxylation sites is 3. The molecule has 1 aromatic heterocycles. The molecular formula is C23H18BrClN4O2. The molecule has 156 valence electrons. The molecule has 2 N–H and O–H groups in total. The van der Waals surface area contributed by atoms with Crippen LogP contribution in [0, 0.1) is 6.92 Å². The van der Waals surface area contributed by atoms with E-state index in [1.807, 2.05) is 55.5 Å². The molecule has 0 aliphatic rings. The van der Waals surface area contributed by atoms with Crippen LogP contribution in [-0.2, 0) is 0 Å². The van der Waals surface area contributed by atoms with Gasteiger partial charge in [-0.3, -0.25) is 0 Å². The summed E-state index contributed by atoms with van der Waals surface area (Å²) in [6.45, 7) is 1.87. The van der Waals surface area contributed by atoms with Crippen molar-refractivity contribution >= 4 is 44.9 Å². The lowest BCUT2D eigenvalue weighted by Gasteiger charge is -2.14. The molecule has 0 unspecified atom stereocenters. The number of halogens is 2. The van der Waals surface area contributed by atoms with Crippen LogP contribution in [0.2, 0.25) is 5.02 Å². The van der Waals surface area contributed by atoms with Crippen LogP contribution < -0.4 is 15.4 Å². The van der Waals surface area contributed by atoms with Crippen molar-refractivity contribution in [3.05, 3.63) is 94.1 Å². The monoisotopic (exact) mass is 496 g/mol. The molecule has 0 aliphatic carbocycles. The normalized spacial score (nSPS) is 10.5. The zero-order valence-electron chi connectivity index (χ0n) is 16.5. The standard InChI is InChI=1S/C23H18BrClN4O2/c1-15-14-22(29(28-15)20-8-4-2-6-18(20)25)31-21-9-5-3-7-19(21)27-23(30)26-17-12-10-16(24)11-13-17/h2-14H,1H3,(H2,26,27,30). The summed E-state index contributed by atoms with van der Waals surface area (Å²) in [4.78, 5) is 12.5. The second-order valence-corrected chi connectivity index (χ2v) is 7.99. The molecule has 2 amide bonds. The topological polar surface area (TPSA) is 68.2 Å². The number of hydrogen-bond donors (Lipinski definition) is 2. The van der Waals surface area contributed by atoms with E-state index in [1.54, 1.807) is 35.0 Å². The Labute approximate surface area is 192 Å². The van der Waals surface area contributed by atoms with Crippen molar-refractivity contribution in [2.75, 3.05) is 10.6 Å². The SMILES string of the molecule is Cc1cc(Oc2ccccc2NC(=O)Nc2ccc(Br)cc2)n(-c2ccccc2Cl)n1. The highest BCUT2D eigenvalue weighted by molar-refractivity contribution is 9.10. The number of hydrogen-bond acceptors (Lipinski definition) is 3. The summed E-state index contributed by atoms with van der Waals surface area (Å²) < 4.78 is 8.70. The summed E-state index contributed by atoms with van der Waals surface area (Å²) in [6.07, 6.45) is 0. The van der Waals surface area contributed by atoms with E-state index in [9.17, 15) is 4.79 Å². The second kappa shape index (κ2) is 9.24. The van der Waals surface area contributed by atoms with Crippen molar-refractivity contribution in [1.29, 1.82) is 0 Å². The lowest BCUT2D eigenvalue weighted by Crippen LogP contribution is -2.19. The zero-order valence-corrected chi connectivity index (χ0v) is 18.8. The summed E-state index contributed by atoms with van der Waals surface area (Å²) in [5.41, 5.74) is 2.66. The summed E-state index contributed by atoms with van der Waals surface area (Å²) in [5, 5.41) is 10.7. The molecule has 0 atom stereocenters. The van der Waals surface area contributed by atoms with E-state index in [1.165, 1.54) is 0 Å². The van der Waals surface area contributed by atoms with Crippen LogP contribution in [0.3, 0.4) is 0 Å². The van der Waals surface area contributed by atoms with E-state index in [0.29, 0.717) is 33.7 Å². The van der Waals surface area contributed by atoms with Crippen LogP contribution in [0.15, 0.2) is 83.3 Å². The van der Waals surface area contributed by atoms with Gasteiger partial charge in [0.05, 0.1) is 22.1 Å². The summed E-state index contributed by atoms with van der Waals surface area (Å²) in [6, 6.07) is 23.3. The van der Waals surface area contributed by atoms with Gasteiger partial charge in [-0.2, -0.15) is 9.78 Å². The van der Waals surface area contributed by atoms with Crippen LogP contribution in [-0.4, -0.2) is 15.8 Å². The van der Waals surface area contributed by atoms with Gasteiger partial charge < -0.3 is 15.4 Å². The van der Waals surface area contributed by atoms with Gasteiger partial charge in [0, 0.05) is 16.2 Å². The van der Waals surface area contributed by atoms with Gasteiger partial charge >= 0.3 is 6.03 Å². The maximum Gasteiger partial charge on any atom is 0.323 e. The first kappa shape index (κ1) is 21.0. The second-order valence-electron chi connectivity index (χ2n) is 6.67. The Bertz CT molecular complexity index is 1220. The molecule has 8 heteroatoms. The van der Waals surface area contributed by atoms with Crippen LogP contribution in [0.25, 0.3) is 5.69 Å². The first-order chi connectivity index (χ1) is 15.0. The molecule has 0 spiro atoms. The third-order valence-electron chi connectivity index (χ3n) is 4.33. The maximum absolute atomic E-state index is 12.5. The van der Waals surface area contributed by atoms with E-state index < -0.39 is 0 Å². The van der Waals surface area contributed by atoms with E-state index in [-0.39, 0.29) is 6.03 Å². The number of aryl methyl sites for hydroxylation is 1. The third-order valence-corrected chi connectivity index (χ3v) is 5.18. The molecule has 4 rings (SSSR count). The van der Waals surface area contributed by atoms with Crippen LogP contribution in [0.4, 0.5) is 16.2 Å². The Hall–Kier alpha value is -3.29. The third kappa shape index (κ3) is 5.07. The number of anilines is 2. The average Bonchev–Trinajstić information content (AvgIpc) is 3.11. The van der Waals surface area contributed by atoms with Crippen molar-refractivity contribution in [3.63, 3.8) is 0 Å². The molecular weight excluding hydrogens is 480 g/mol. The molecule has 0 saturated heterocycles. The van der Waals surface area contributed by atoms with Gasteiger partial charge in [-0.05, 0) is 55.5 Å². The first-order valence-electron chi connectivity index (χ1n) is 9.41. The molecule has 3 aromatic carbocycles. The highest BCUT2D eigenvalue weighted by Crippen LogP contribution is 2.32. The molecule has 6 nitrogen and oxygen atoms in total. The van der Waals surface area contributed by atoms with Crippen LogP contribution in [0.1, 0.15) is 5.69 Å². The summed E-state index contributed by atoms with van der Waals surface area (Å²) in [7, 11) is 0. The molecule has 1 heterocycles. The van der Waals surface area contributed by atoms with E-state index in [2.05, 4.69) is 31.7 Å². The molecule has 0 aliphatic heterocycles. The summed E-state index contributed by atoms with van der Waals surface area (Å²) in [5.74, 6) is 0.954. The lowest BCUT2D eigenvalue weighted by atomic mass is 10.3. The number of urea groups is 1.